The van der Waals surface area contributed by atoms with Gasteiger partial charge in [-0.05, 0) is 24.6 Å². The predicted molar refractivity (Wildman–Crippen MR) is 68.2 cm³/mol. The lowest BCUT2D eigenvalue weighted by molar-refractivity contribution is -0.137. The molecule has 0 heterocycles. The molecule has 0 spiro atoms. The van der Waals surface area contributed by atoms with Gasteiger partial charge in [-0.15, -0.1) is 0 Å². The number of hydrazine groups is 1. The van der Waals surface area contributed by atoms with E-state index in [9.17, 15) is 13.2 Å². The van der Waals surface area contributed by atoms with Gasteiger partial charge in [0, 0.05) is 16.6 Å². The first-order chi connectivity index (χ1) is 8.40. The maximum atomic E-state index is 12.6. The molecule has 7 heteroatoms. The zero-order chi connectivity index (χ0) is 13.8. The molecule has 1 aromatic carbocycles. The van der Waals surface area contributed by atoms with Crippen molar-refractivity contribution in [2.45, 2.75) is 19.5 Å². The Bertz CT molecular complexity index is 444. The summed E-state index contributed by atoms with van der Waals surface area (Å²) in [6, 6.07) is 3.34. The third kappa shape index (κ3) is 3.71. The zero-order valence-electron chi connectivity index (χ0n) is 9.68. The van der Waals surface area contributed by atoms with Gasteiger partial charge in [0.05, 0.1) is 5.56 Å². The first kappa shape index (κ1) is 15.0. The standard InChI is InChI=1S/C11H13BrF3N3/c1-2-5-17-10(18-16)8-6-7(11(13,14)15)3-4-9(8)12/h3-4,6H,2,5,16H2,1H3,(H,17,18). The molecule has 0 radical (unpaired) electrons. The quantitative estimate of drug-likeness (QED) is 0.388. The lowest BCUT2D eigenvalue weighted by Gasteiger charge is -2.12. The number of aliphatic imine (C=N–C) groups is 1. The summed E-state index contributed by atoms with van der Waals surface area (Å²) < 4.78 is 38.3. The van der Waals surface area contributed by atoms with Gasteiger partial charge in [-0.3, -0.25) is 4.99 Å². The second-order valence-electron chi connectivity index (χ2n) is 3.57. The van der Waals surface area contributed by atoms with Crippen molar-refractivity contribution in [3.8, 4) is 0 Å². The Balaban J connectivity index is 3.21. The highest BCUT2D eigenvalue weighted by Gasteiger charge is 2.31. The van der Waals surface area contributed by atoms with E-state index in [-0.39, 0.29) is 5.84 Å². The minimum absolute atomic E-state index is 0.231. The van der Waals surface area contributed by atoms with Crippen molar-refractivity contribution in [1.82, 2.24) is 5.43 Å². The van der Waals surface area contributed by atoms with E-state index in [1.807, 2.05) is 6.92 Å². The first-order valence-electron chi connectivity index (χ1n) is 5.28. The molecule has 0 bridgehead atoms. The monoisotopic (exact) mass is 323 g/mol. The molecule has 0 saturated carbocycles. The third-order valence-corrected chi connectivity index (χ3v) is 2.87. The second kappa shape index (κ2) is 6.19. The number of rotatable bonds is 3. The molecule has 0 fully saturated rings. The largest absolute Gasteiger partial charge is 0.416 e. The molecule has 0 amide bonds. The molecule has 0 atom stereocenters. The molecule has 0 aliphatic carbocycles. The average molecular weight is 324 g/mol. The van der Waals surface area contributed by atoms with Crippen LogP contribution >= 0.6 is 15.9 Å². The lowest BCUT2D eigenvalue weighted by atomic mass is 10.1. The Kier molecular flexibility index (Phi) is 5.15. The van der Waals surface area contributed by atoms with E-state index in [0.717, 1.165) is 18.6 Å². The van der Waals surface area contributed by atoms with Gasteiger partial charge in [-0.2, -0.15) is 13.2 Å². The Morgan fingerprint density at radius 2 is 2.11 bits per heavy atom. The van der Waals surface area contributed by atoms with Gasteiger partial charge in [0.1, 0.15) is 5.84 Å². The maximum Gasteiger partial charge on any atom is 0.416 e. The molecule has 0 aromatic heterocycles. The Hall–Kier alpha value is -1.08. The number of nitrogens with zero attached hydrogens (tertiary/aromatic N) is 1. The summed E-state index contributed by atoms with van der Waals surface area (Å²) in [4.78, 5) is 4.10. The molecule has 0 saturated heterocycles. The van der Waals surface area contributed by atoms with Gasteiger partial charge >= 0.3 is 6.18 Å². The summed E-state index contributed by atoms with van der Waals surface area (Å²) in [5, 5.41) is 0. The molecule has 3 N–H and O–H groups in total. The van der Waals surface area contributed by atoms with Crippen molar-refractivity contribution in [3.05, 3.63) is 33.8 Å². The van der Waals surface area contributed by atoms with E-state index in [0.29, 0.717) is 16.6 Å². The van der Waals surface area contributed by atoms with Crippen LogP contribution in [-0.2, 0) is 6.18 Å². The van der Waals surface area contributed by atoms with Crippen LogP contribution in [0, 0.1) is 0 Å². The number of alkyl halides is 3. The Morgan fingerprint density at radius 1 is 1.44 bits per heavy atom. The molecule has 100 valence electrons. The molecule has 1 rings (SSSR count). The van der Waals surface area contributed by atoms with Crippen LogP contribution in [0.3, 0.4) is 0 Å². The van der Waals surface area contributed by atoms with Crippen LogP contribution in [-0.4, -0.2) is 12.4 Å². The maximum absolute atomic E-state index is 12.6. The summed E-state index contributed by atoms with van der Waals surface area (Å²) in [5.41, 5.74) is 1.88. The van der Waals surface area contributed by atoms with Crippen LogP contribution in [0.5, 0.6) is 0 Å². The van der Waals surface area contributed by atoms with E-state index in [1.165, 1.54) is 6.07 Å². The van der Waals surface area contributed by atoms with Crippen molar-refractivity contribution >= 4 is 21.8 Å². The fraction of sp³-hybridized carbons (Fsp3) is 0.364. The van der Waals surface area contributed by atoms with Gasteiger partial charge in [-0.1, -0.05) is 22.9 Å². The molecular weight excluding hydrogens is 311 g/mol. The smallest absolute Gasteiger partial charge is 0.308 e. The number of nitrogens with two attached hydrogens (primary N) is 1. The third-order valence-electron chi connectivity index (χ3n) is 2.18. The number of halogens is 4. The van der Waals surface area contributed by atoms with Crippen molar-refractivity contribution in [3.63, 3.8) is 0 Å². The molecule has 0 unspecified atom stereocenters. The van der Waals surface area contributed by atoms with Gasteiger partial charge in [0.15, 0.2) is 0 Å². The number of nitrogens with one attached hydrogen (secondary N) is 1. The van der Waals surface area contributed by atoms with Crippen LogP contribution in [0.2, 0.25) is 0 Å². The van der Waals surface area contributed by atoms with Crippen LogP contribution in [0.1, 0.15) is 24.5 Å². The highest BCUT2D eigenvalue weighted by atomic mass is 79.9. The first-order valence-corrected chi connectivity index (χ1v) is 6.07. The van der Waals surface area contributed by atoms with Crippen molar-refractivity contribution in [2.24, 2.45) is 10.8 Å². The fourth-order valence-electron chi connectivity index (χ4n) is 1.32. The van der Waals surface area contributed by atoms with E-state index in [2.05, 4.69) is 26.3 Å². The molecular formula is C11H13BrF3N3. The van der Waals surface area contributed by atoms with Crippen LogP contribution in [0.4, 0.5) is 13.2 Å². The number of hydrogen-bond acceptors (Lipinski definition) is 2. The van der Waals surface area contributed by atoms with Crippen molar-refractivity contribution in [2.75, 3.05) is 6.54 Å². The second-order valence-corrected chi connectivity index (χ2v) is 4.42. The summed E-state index contributed by atoms with van der Waals surface area (Å²) in [6.45, 7) is 2.40. The van der Waals surface area contributed by atoms with Crippen molar-refractivity contribution in [1.29, 1.82) is 0 Å². The molecule has 0 aliphatic heterocycles. The summed E-state index contributed by atoms with van der Waals surface area (Å²) >= 11 is 3.19. The van der Waals surface area contributed by atoms with Crippen LogP contribution in [0.15, 0.2) is 27.7 Å². The number of amidine groups is 1. The van der Waals surface area contributed by atoms with E-state index >= 15 is 0 Å². The Morgan fingerprint density at radius 3 is 2.61 bits per heavy atom. The average Bonchev–Trinajstić information content (AvgIpc) is 2.30. The molecule has 18 heavy (non-hydrogen) atoms. The van der Waals surface area contributed by atoms with Gasteiger partial charge in [0.2, 0.25) is 0 Å². The normalized spacial score (nSPS) is 12.7. The summed E-state index contributed by atoms with van der Waals surface area (Å²) in [6.07, 6.45) is -3.61. The SMILES string of the molecule is CCCN=C(NN)c1cc(C(F)(F)F)ccc1Br. The molecule has 0 aliphatic rings. The number of hydrogen-bond donors (Lipinski definition) is 2. The van der Waals surface area contributed by atoms with Crippen molar-refractivity contribution < 1.29 is 13.2 Å². The van der Waals surface area contributed by atoms with E-state index in [4.69, 9.17) is 5.84 Å². The summed E-state index contributed by atoms with van der Waals surface area (Å²) in [7, 11) is 0. The highest BCUT2D eigenvalue weighted by Crippen LogP contribution is 2.31. The van der Waals surface area contributed by atoms with Gasteiger partial charge in [0.25, 0.3) is 0 Å². The Labute approximate surface area is 111 Å². The lowest BCUT2D eigenvalue weighted by Crippen LogP contribution is -2.32. The van der Waals surface area contributed by atoms with Crippen LogP contribution in [0.25, 0.3) is 0 Å². The zero-order valence-corrected chi connectivity index (χ0v) is 11.3. The van der Waals surface area contributed by atoms with Gasteiger partial charge in [-0.25, -0.2) is 5.84 Å². The molecule has 3 nitrogen and oxygen atoms in total. The fourth-order valence-corrected chi connectivity index (χ4v) is 1.75. The van der Waals surface area contributed by atoms with Gasteiger partial charge < -0.3 is 5.43 Å². The summed E-state index contributed by atoms with van der Waals surface area (Å²) in [5.74, 6) is 5.52. The van der Waals surface area contributed by atoms with E-state index in [1.54, 1.807) is 0 Å². The topological polar surface area (TPSA) is 50.4 Å². The van der Waals surface area contributed by atoms with Crippen LogP contribution < -0.4 is 11.3 Å². The minimum atomic E-state index is -4.39. The predicted octanol–water partition coefficient (Wildman–Crippen LogP) is 3.09. The minimum Gasteiger partial charge on any atom is -0.308 e. The van der Waals surface area contributed by atoms with E-state index < -0.39 is 11.7 Å². The number of benzene rings is 1. The highest BCUT2D eigenvalue weighted by molar-refractivity contribution is 9.10. The molecule has 1 aromatic rings.